The molecular weight excluding hydrogens is 142 g/mol. The summed E-state index contributed by atoms with van der Waals surface area (Å²) in [4.78, 5) is 0. The first-order valence-corrected chi connectivity index (χ1v) is 3.29. The summed E-state index contributed by atoms with van der Waals surface area (Å²) >= 11 is 2.41. The fourth-order valence-corrected chi connectivity index (χ4v) is 0. The number of aliphatic hydroxyl groups is 1. The molecule has 3 heteroatoms. The van der Waals surface area contributed by atoms with Crippen LogP contribution in [0.5, 0.6) is 0 Å². The molecule has 0 aliphatic rings. The molecule has 6 heavy (non-hydrogen) atoms. The van der Waals surface area contributed by atoms with Crippen LogP contribution < -0.4 is 0 Å². The summed E-state index contributed by atoms with van der Waals surface area (Å²) in [7, 11) is 4.45. The van der Waals surface area contributed by atoms with Crippen LogP contribution in [0.25, 0.3) is 0 Å². The SMILES string of the molecule is CCCO.[Cl][Mn]. The zero-order valence-electron chi connectivity index (χ0n) is 3.62. The van der Waals surface area contributed by atoms with Crippen molar-refractivity contribution in [3.05, 3.63) is 0 Å². The van der Waals surface area contributed by atoms with Crippen molar-refractivity contribution in [2.75, 3.05) is 6.61 Å². The Bertz CT molecular complexity index is 12.8. The van der Waals surface area contributed by atoms with Crippen molar-refractivity contribution in [1.82, 2.24) is 0 Å². The second kappa shape index (κ2) is 17.1. The zero-order valence-corrected chi connectivity index (χ0v) is 5.55. The van der Waals surface area contributed by atoms with Gasteiger partial charge < -0.3 is 5.11 Å². The molecule has 1 N–H and O–H groups in total. The average molecular weight is 150 g/mol. The minimum atomic E-state index is 0.319. The first kappa shape index (κ1) is 9.91. The van der Waals surface area contributed by atoms with Gasteiger partial charge in [-0.3, -0.25) is 0 Å². The number of rotatable bonds is 1. The molecule has 0 radical (unpaired) electrons. The van der Waals surface area contributed by atoms with Gasteiger partial charge in [-0.25, -0.2) is 0 Å². The van der Waals surface area contributed by atoms with Crippen LogP contribution in [0, 0.1) is 0 Å². The van der Waals surface area contributed by atoms with Gasteiger partial charge in [-0.05, 0) is 6.42 Å². The first-order chi connectivity index (χ1) is 2.91. The Morgan fingerprint density at radius 1 is 1.67 bits per heavy atom. The molecule has 1 nitrogen and oxygen atoms in total. The second-order valence-corrected chi connectivity index (χ2v) is 0.724. The van der Waals surface area contributed by atoms with E-state index in [1.807, 2.05) is 6.92 Å². The van der Waals surface area contributed by atoms with E-state index in [2.05, 4.69) is 25.2 Å². The summed E-state index contributed by atoms with van der Waals surface area (Å²) in [6, 6.07) is 0. The second-order valence-electron chi connectivity index (χ2n) is 0.724. The topological polar surface area (TPSA) is 20.2 Å². The number of aliphatic hydroxyl groups excluding tert-OH is 1. The number of halogens is 1. The molecule has 0 bridgehead atoms. The van der Waals surface area contributed by atoms with Gasteiger partial charge in [-0.1, -0.05) is 6.92 Å². The standard InChI is InChI=1S/C3H8O.ClH.Mn/c1-2-3-4;;/h4H,2-3H2,1H3;1H;/q;;+1/p-1. The van der Waals surface area contributed by atoms with Gasteiger partial charge in [-0.2, -0.15) is 0 Å². The number of hydrogen-bond donors (Lipinski definition) is 1. The van der Waals surface area contributed by atoms with Crippen LogP contribution in [0.2, 0.25) is 0 Å². The molecule has 0 unspecified atom stereocenters. The molecule has 0 aromatic rings. The molecular formula is C3H8ClMnO. The molecule has 0 fully saturated rings. The van der Waals surface area contributed by atoms with E-state index in [1.54, 1.807) is 0 Å². The van der Waals surface area contributed by atoms with Crippen molar-refractivity contribution in [3.63, 3.8) is 0 Å². The van der Waals surface area contributed by atoms with Crippen molar-refractivity contribution >= 4 is 10.1 Å². The summed E-state index contributed by atoms with van der Waals surface area (Å²) in [6.07, 6.45) is 0.875. The molecule has 40 valence electrons. The van der Waals surface area contributed by atoms with E-state index >= 15 is 0 Å². The predicted octanol–water partition coefficient (Wildman–Crippen LogP) is 1.08. The maximum atomic E-state index is 7.88. The molecule has 0 atom stereocenters. The first-order valence-electron chi connectivity index (χ1n) is 1.67. The van der Waals surface area contributed by atoms with Crippen molar-refractivity contribution in [1.29, 1.82) is 0 Å². The Kier molecular flexibility index (Phi) is 28.2. The van der Waals surface area contributed by atoms with Gasteiger partial charge in [0, 0.05) is 6.61 Å². The molecule has 0 amide bonds. The van der Waals surface area contributed by atoms with Gasteiger partial charge in [0.25, 0.3) is 0 Å². The van der Waals surface area contributed by atoms with Crippen molar-refractivity contribution in [3.8, 4) is 0 Å². The summed E-state index contributed by atoms with van der Waals surface area (Å²) in [5.41, 5.74) is 0. The molecule has 0 saturated carbocycles. The summed E-state index contributed by atoms with van der Waals surface area (Å²) < 4.78 is 0. The van der Waals surface area contributed by atoms with E-state index in [0.717, 1.165) is 6.42 Å². The fourth-order valence-electron chi connectivity index (χ4n) is 0. The van der Waals surface area contributed by atoms with E-state index in [4.69, 9.17) is 5.11 Å². The van der Waals surface area contributed by atoms with E-state index < -0.39 is 0 Å². The molecule has 0 heterocycles. The van der Waals surface area contributed by atoms with Crippen LogP contribution in [0.1, 0.15) is 13.3 Å². The summed E-state index contributed by atoms with van der Waals surface area (Å²) in [6.45, 7) is 2.25. The van der Waals surface area contributed by atoms with E-state index in [0.29, 0.717) is 6.61 Å². The summed E-state index contributed by atoms with van der Waals surface area (Å²) in [5.74, 6) is 0. The molecule has 0 aliphatic carbocycles. The number of hydrogen-bond acceptors (Lipinski definition) is 1. The Morgan fingerprint density at radius 3 is 1.83 bits per heavy atom. The van der Waals surface area contributed by atoms with E-state index in [1.165, 1.54) is 0 Å². The van der Waals surface area contributed by atoms with Gasteiger partial charge >= 0.3 is 25.2 Å². The van der Waals surface area contributed by atoms with E-state index in [9.17, 15) is 0 Å². The third-order valence-corrected chi connectivity index (χ3v) is 0.224. The molecule has 0 spiro atoms. The van der Waals surface area contributed by atoms with Gasteiger partial charge in [0.1, 0.15) is 0 Å². The molecule has 0 saturated heterocycles. The Balaban J connectivity index is 0. The fraction of sp³-hybridized carbons (Fsp3) is 1.00. The van der Waals surface area contributed by atoms with Gasteiger partial charge in [0.05, 0.1) is 0 Å². The molecule has 0 aromatic carbocycles. The third kappa shape index (κ3) is 21.6. The van der Waals surface area contributed by atoms with Crippen LogP contribution >= 0.6 is 10.1 Å². The normalized spacial score (nSPS) is 6.00. The molecule has 0 aromatic heterocycles. The Morgan fingerprint density at radius 2 is 1.83 bits per heavy atom. The van der Waals surface area contributed by atoms with Gasteiger partial charge in [0.15, 0.2) is 0 Å². The zero-order chi connectivity index (χ0) is 5.41. The predicted molar refractivity (Wildman–Crippen MR) is 23.2 cm³/mol. The van der Waals surface area contributed by atoms with Gasteiger partial charge in [0.2, 0.25) is 0 Å². The quantitative estimate of drug-likeness (QED) is 0.555. The van der Waals surface area contributed by atoms with Crippen molar-refractivity contribution in [2.24, 2.45) is 0 Å². The Labute approximate surface area is 50.7 Å². The van der Waals surface area contributed by atoms with E-state index in [-0.39, 0.29) is 0 Å². The van der Waals surface area contributed by atoms with Crippen LogP contribution in [-0.2, 0) is 15.1 Å². The summed E-state index contributed by atoms with van der Waals surface area (Å²) in [5, 5.41) is 7.88. The third-order valence-electron chi connectivity index (χ3n) is 0.224. The van der Waals surface area contributed by atoms with Crippen LogP contribution in [0.3, 0.4) is 0 Å². The monoisotopic (exact) mass is 150 g/mol. The maximum absolute atomic E-state index is 7.88. The van der Waals surface area contributed by atoms with Crippen LogP contribution in [0.4, 0.5) is 0 Å². The molecule has 0 aliphatic heterocycles. The van der Waals surface area contributed by atoms with Gasteiger partial charge in [-0.15, -0.1) is 0 Å². The Hall–Kier alpha value is 0.769. The minimum absolute atomic E-state index is 0.319. The average Bonchev–Trinajstić information content (AvgIpc) is 1.72. The van der Waals surface area contributed by atoms with Crippen molar-refractivity contribution in [2.45, 2.75) is 13.3 Å². The van der Waals surface area contributed by atoms with Crippen molar-refractivity contribution < 1.29 is 20.2 Å². The van der Waals surface area contributed by atoms with Crippen LogP contribution in [0.15, 0.2) is 0 Å². The molecule has 0 rings (SSSR count). The van der Waals surface area contributed by atoms with Crippen LogP contribution in [-0.4, -0.2) is 11.7 Å².